The van der Waals surface area contributed by atoms with Crippen molar-refractivity contribution in [3.05, 3.63) is 120 Å². The quantitative estimate of drug-likeness (QED) is 0.0343. The van der Waals surface area contributed by atoms with E-state index in [-0.39, 0.29) is 24.3 Å². The van der Waals surface area contributed by atoms with E-state index in [0.717, 1.165) is 30.4 Å². The Morgan fingerprint density at radius 2 is 0.709 bits per heavy atom. The molecule has 296 valence electrons. The number of hydrogen-bond acceptors (Lipinski definition) is 6. The SMILES string of the molecule is O=C(Oc1ccc(OCc2ccccc2)cc1)C(CCCCCCCCCCCC(C(=O)Oc1ccc(OCc2ccccc2)cc1)C(F)(F)F)C(F)(F)F. The summed E-state index contributed by atoms with van der Waals surface area (Å²) in [7, 11) is 0. The summed E-state index contributed by atoms with van der Waals surface area (Å²) in [6.45, 7) is 0.624. The number of halogens is 6. The van der Waals surface area contributed by atoms with E-state index in [1.165, 1.54) is 48.5 Å². The molecule has 4 aromatic rings. The van der Waals surface area contributed by atoms with E-state index >= 15 is 0 Å². The Hall–Kier alpha value is -5.00. The Bertz CT molecular complexity index is 1570. The first-order valence-corrected chi connectivity index (χ1v) is 18.5. The van der Waals surface area contributed by atoms with Crippen molar-refractivity contribution in [2.45, 2.75) is 96.2 Å². The van der Waals surface area contributed by atoms with Crippen LogP contribution < -0.4 is 18.9 Å². The predicted octanol–water partition coefficient (Wildman–Crippen LogP) is 12.0. The van der Waals surface area contributed by atoms with Gasteiger partial charge >= 0.3 is 24.3 Å². The molecule has 0 aliphatic heterocycles. The van der Waals surface area contributed by atoms with E-state index in [4.69, 9.17) is 18.9 Å². The van der Waals surface area contributed by atoms with Crippen LogP contribution in [0, 0.1) is 11.8 Å². The molecule has 0 radical (unpaired) electrons. The van der Waals surface area contributed by atoms with Gasteiger partial charge in [-0.15, -0.1) is 0 Å². The normalized spacial score (nSPS) is 12.8. The Balaban J connectivity index is 1.07. The Morgan fingerprint density at radius 1 is 0.418 bits per heavy atom. The van der Waals surface area contributed by atoms with E-state index in [1.54, 1.807) is 0 Å². The van der Waals surface area contributed by atoms with Crippen molar-refractivity contribution >= 4 is 11.9 Å². The van der Waals surface area contributed by atoms with Gasteiger partial charge in [-0.3, -0.25) is 9.59 Å². The Morgan fingerprint density at radius 3 is 1.02 bits per heavy atom. The molecule has 55 heavy (non-hydrogen) atoms. The smallest absolute Gasteiger partial charge is 0.402 e. The maximum Gasteiger partial charge on any atom is 0.402 e. The molecule has 0 saturated carbocycles. The van der Waals surface area contributed by atoms with Gasteiger partial charge in [0.15, 0.2) is 11.8 Å². The fourth-order valence-electron chi connectivity index (χ4n) is 5.83. The predicted molar refractivity (Wildman–Crippen MR) is 196 cm³/mol. The number of carbonyl (C=O) groups is 2. The van der Waals surface area contributed by atoms with Gasteiger partial charge in [0.1, 0.15) is 36.2 Å². The molecule has 0 aliphatic rings. The van der Waals surface area contributed by atoms with Gasteiger partial charge < -0.3 is 18.9 Å². The average Bonchev–Trinajstić information content (AvgIpc) is 3.16. The van der Waals surface area contributed by atoms with Gasteiger partial charge in [0, 0.05) is 0 Å². The highest BCUT2D eigenvalue weighted by molar-refractivity contribution is 5.76. The highest BCUT2D eigenvalue weighted by atomic mass is 19.4. The monoisotopic (exact) mass is 772 g/mol. The fourth-order valence-corrected chi connectivity index (χ4v) is 5.83. The average molecular weight is 773 g/mol. The zero-order valence-corrected chi connectivity index (χ0v) is 30.5. The lowest BCUT2D eigenvalue weighted by atomic mass is 9.98. The molecule has 0 saturated heterocycles. The topological polar surface area (TPSA) is 71.1 Å². The maximum absolute atomic E-state index is 13.7. The Kier molecular flexibility index (Phi) is 16.9. The van der Waals surface area contributed by atoms with Crippen molar-refractivity contribution in [2.75, 3.05) is 0 Å². The summed E-state index contributed by atoms with van der Waals surface area (Å²) < 4.78 is 104. The highest BCUT2D eigenvalue weighted by Crippen LogP contribution is 2.34. The summed E-state index contributed by atoms with van der Waals surface area (Å²) in [5.74, 6) is -6.26. The zero-order chi connectivity index (χ0) is 39.5. The number of ether oxygens (including phenoxy) is 4. The van der Waals surface area contributed by atoms with E-state index in [2.05, 4.69) is 0 Å². The van der Waals surface area contributed by atoms with Gasteiger partial charge in [0.25, 0.3) is 0 Å². The number of esters is 2. The van der Waals surface area contributed by atoms with Crippen molar-refractivity contribution in [1.29, 1.82) is 0 Å². The summed E-state index contributed by atoms with van der Waals surface area (Å²) in [5.41, 5.74) is 1.90. The molecule has 2 unspecified atom stereocenters. The highest BCUT2D eigenvalue weighted by Gasteiger charge is 2.46. The summed E-state index contributed by atoms with van der Waals surface area (Å²) in [4.78, 5) is 24.9. The first kappa shape index (κ1) is 42.7. The first-order chi connectivity index (χ1) is 26.4. The Labute approximate surface area is 317 Å². The lowest BCUT2D eigenvalue weighted by Gasteiger charge is -2.19. The van der Waals surface area contributed by atoms with Crippen molar-refractivity contribution in [3.63, 3.8) is 0 Å². The van der Waals surface area contributed by atoms with Crippen LogP contribution >= 0.6 is 0 Å². The third-order valence-electron chi connectivity index (χ3n) is 8.93. The second kappa shape index (κ2) is 21.8. The standard InChI is InChI=1S/C43H46F6O6/c44-42(45,46)38(40(50)54-36-26-22-34(23-27-36)52-30-32-16-10-8-11-17-32)20-14-6-4-2-1-3-5-7-15-21-39(43(47,48)49)41(51)55-37-28-24-35(25-29-37)53-31-33-18-12-9-13-19-33/h8-13,16-19,22-29,38-39H,1-7,14-15,20-21,30-31H2. The summed E-state index contributed by atoms with van der Waals surface area (Å²) >= 11 is 0. The lowest BCUT2D eigenvalue weighted by Crippen LogP contribution is -2.33. The summed E-state index contributed by atoms with van der Waals surface area (Å²) in [6.07, 6.45) is -5.35. The number of hydrogen-bond donors (Lipinski definition) is 0. The minimum absolute atomic E-state index is 0.00726. The number of alkyl halides is 6. The van der Waals surface area contributed by atoms with Crippen LogP contribution in [0.2, 0.25) is 0 Å². The second-order valence-corrected chi connectivity index (χ2v) is 13.3. The molecular weight excluding hydrogens is 726 g/mol. The number of rotatable bonds is 22. The van der Waals surface area contributed by atoms with E-state index in [1.807, 2.05) is 60.7 Å². The summed E-state index contributed by atoms with van der Waals surface area (Å²) in [6, 6.07) is 30.5. The molecule has 6 nitrogen and oxygen atoms in total. The molecule has 0 amide bonds. The van der Waals surface area contributed by atoms with Crippen molar-refractivity contribution in [3.8, 4) is 23.0 Å². The van der Waals surface area contributed by atoms with Gasteiger partial charge in [-0.1, -0.05) is 118 Å². The molecule has 0 N–H and O–H groups in total. The molecular formula is C43H46F6O6. The maximum atomic E-state index is 13.7. The zero-order valence-electron chi connectivity index (χ0n) is 30.5. The van der Waals surface area contributed by atoms with Crippen LogP contribution in [0.25, 0.3) is 0 Å². The molecule has 0 aromatic heterocycles. The first-order valence-electron chi connectivity index (χ1n) is 18.5. The van der Waals surface area contributed by atoms with Crippen LogP contribution in [0.15, 0.2) is 109 Å². The molecule has 2 atom stereocenters. The molecule has 0 spiro atoms. The molecule has 4 aromatic carbocycles. The van der Waals surface area contributed by atoms with Crippen molar-refractivity contribution < 1.29 is 54.9 Å². The molecule has 0 bridgehead atoms. The van der Waals surface area contributed by atoms with Crippen molar-refractivity contribution in [1.82, 2.24) is 0 Å². The van der Waals surface area contributed by atoms with Crippen LogP contribution in [0.1, 0.15) is 81.8 Å². The van der Waals surface area contributed by atoms with Gasteiger partial charge in [-0.2, -0.15) is 26.3 Å². The fraction of sp³-hybridized carbons (Fsp3) is 0.395. The van der Waals surface area contributed by atoms with Gasteiger partial charge in [0.05, 0.1) is 0 Å². The van der Waals surface area contributed by atoms with Crippen LogP contribution in [0.3, 0.4) is 0 Å². The lowest BCUT2D eigenvalue weighted by molar-refractivity contribution is -0.194. The van der Waals surface area contributed by atoms with Crippen LogP contribution in [-0.4, -0.2) is 24.3 Å². The molecule has 0 fully saturated rings. The minimum atomic E-state index is -4.75. The largest absolute Gasteiger partial charge is 0.489 e. The van der Waals surface area contributed by atoms with E-state index in [9.17, 15) is 35.9 Å². The van der Waals surface area contributed by atoms with Crippen LogP contribution in [-0.2, 0) is 22.8 Å². The van der Waals surface area contributed by atoms with Crippen LogP contribution in [0.5, 0.6) is 23.0 Å². The van der Waals surface area contributed by atoms with Gasteiger partial charge in [-0.05, 0) is 72.5 Å². The molecule has 0 heterocycles. The van der Waals surface area contributed by atoms with Gasteiger partial charge in [-0.25, -0.2) is 0 Å². The molecule has 4 rings (SSSR count). The summed E-state index contributed by atoms with van der Waals surface area (Å²) in [5, 5.41) is 0. The van der Waals surface area contributed by atoms with Gasteiger partial charge in [0.2, 0.25) is 0 Å². The van der Waals surface area contributed by atoms with Crippen molar-refractivity contribution in [2.24, 2.45) is 11.8 Å². The number of unbranched alkanes of at least 4 members (excludes halogenated alkanes) is 8. The molecule has 12 heteroatoms. The molecule has 0 aliphatic carbocycles. The third-order valence-corrected chi connectivity index (χ3v) is 8.93. The van der Waals surface area contributed by atoms with Crippen LogP contribution in [0.4, 0.5) is 26.3 Å². The second-order valence-electron chi connectivity index (χ2n) is 13.3. The van der Waals surface area contributed by atoms with E-state index < -0.39 is 49.0 Å². The van der Waals surface area contributed by atoms with E-state index in [0.29, 0.717) is 50.4 Å². The minimum Gasteiger partial charge on any atom is -0.489 e. The number of carbonyl (C=O) groups excluding carboxylic acids is 2. The third kappa shape index (κ3) is 15.7. The number of benzene rings is 4.